The van der Waals surface area contributed by atoms with E-state index in [4.69, 9.17) is 16.3 Å². The number of carbonyl (C=O) groups is 1. The summed E-state index contributed by atoms with van der Waals surface area (Å²) in [6.45, 7) is 5.35. The average molecular weight is 362 g/mol. The van der Waals surface area contributed by atoms with E-state index in [0.29, 0.717) is 22.0 Å². The molecule has 1 amide bonds. The first-order valence-electron chi connectivity index (χ1n) is 7.35. The molecule has 0 aliphatic carbocycles. The fourth-order valence-corrected chi connectivity index (χ4v) is 2.89. The zero-order valence-corrected chi connectivity index (χ0v) is 15.0. The second-order valence-electron chi connectivity index (χ2n) is 5.91. The Balaban J connectivity index is 1.83. The molecule has 0 spiro atoms. The number of fused-ring (bicyclic) bond motifs is 1. The summed E-state index contributed by atoms with van der Waals surface area (Å²) in [6, 6.07) is 10.7. The summed E-state index contributed by atoms with van der Waals surface area (Å²) in [5, 5.41) is 3.54. The average Bonchev–Trinajstić information content (AvgIpc) is 3.01. The van der Waals surface area contributed by atoms with Crippen molar-refractivity contribution < 1.29 is 9.53 Å². The normalized spacial score (nSPS) is 11.5. The van der Waals surface area contributed by atoms with Gasteiger partial charge in [0.25, 0.3) is 5.91 Å². The van der Waals surface area contributed by atoms with Gasteiger partial charge < -0.3 is 10.1 Å². The molecule has 0 aliphatic heterocycles. The van der Waals surface area contributed by atoms with Gasteiger partial charge in [-0.2, -0.15) is 8.75 Å². The molecular formula is C17H16ClN3O2S. The lowest BCUT2D eigenvalue weighted by atomic mass is 10.1. The van der Waals surface area contributed by atoms with E-state index in [1.54, 1.807) is 38.1 Å². The number of ether oxygens (including phenoxy) is 1. The summed E-state index contributed by atoms with van der Waals surface area (Å²) >= 11 is 6.99. The van der Waals surface area contributed by atoms with Crippen LogP contribution >= 0.6 is 23.3 Å². The summed E-state index contributed by atoms with van der Waals surface area (Å²) in [7, 11) is 0. The van der Waals surface area contributed by atoms with Gasteiger partial charge in [0, 0.05) is 5.02 Å². The van der Waals surface area contributed by atoms with Gasteiger partial charge in [-0.1, -0.05) is 17.7 Å². The zero-order valence-electron chi connectivity index (χ0n) is 13.5. The van der Waals surface area contributed by atoms with E-state index in [1.807, 2.05) is 19.1 Å². The van der Waals surface area contributed by atoms with Crippen molar-refractivity contribution in [3.05, 3.63) is 47.0 Å². The first kappa shape index (κ1) is 16.7. The van der Waals surface area contributed by atoms with Gasteiger partial charge in [-0.15, -0.1) is 0 Å². The van der Waals surface area contributed by atoms with Crippen LogP contribution < -0.4 is 10.1 Å². The third-order valence-electron chi connectivity index (χ3n) is 3.61. The second-order valence-corrected chi connectivity index (χ2v) is 6.87. The van der Waals surface area contributed by atoms with Crippen LogP contribution in [0.3, 0.4) is 0 Å². The number of nitrogens with one attached hydrogen (secondary N) is 1. The third-order valence-corrected chi connectivity index (χ3v) is 4.40. The molecule has 3 rings (SSSR count). The van der Waals surface area contributed by atoms with Crippen LogP contribution in [0, 0.1) is 6.92 Å². The Bertz CT molecular complexity index is 890. The van der Waals surface area contributed by atoms with Gasteiger partial charge >= 0.3 is 0 Å². The minimum absolute atomic E-state index is 0.263. The molecule has 0 fully saturated rings. The lowest BCUT2D eigenvalue weighted by Crippen LogP contribution is -2.42. The van der Waals surface area contributed by atoms with Gasteiger partial charge in [0.15, 0.2) is 5.60 Å². The van der Waals surface area contributed by atoms with Gasteiger partial charge in [-0.25, -0.2) is 0 Å². The van der Waals surface area contributed by atoms with Gasteiger partial charge in [0.05, 0.1) is 17.4 Å². The molecule has 7 heteroatoms. The van der Waals surface area contributed by atoms with Crippen molar-refractivity contribution in [2.24, 2.45) is 0 Å². The predicted molar refractivity (Wildman–Crippen MR) is 96.9 cm³/mol. The number of rotatable bonds is 4. The third kappa shape index (κ3) is 3.34. The topological polar surface area (TPSA) is 64.1 Å². The molecule has 0 saturated carbocycles. The molecule has 1 N–H and O–H groups in total. The van der Waals surface area contributed by atoms with Crippen molar-refractivity contribution >= 4 is 46.0 Å². The highest BCUT2D eigenvalue weighted by molar-refractivity contribution is 7.00. The highest BCUT2D eigenvalue weighted by atomic mass is 35.5. The number of halogens is 1. The second kappa shape index (κ2) is 6.37. The molecule has 0 unspecified atom stereocenters. The van der Waals surface area contributed by atoms with Crippen molar-refractivity contribution in [3.8, 4) is 5.75 Å². The Labute approximate surface area is 148 Å². The van der Waals surface area contributed by atoms with Crippen LogP contribution in [0.25, 0.3) is 11.0 Å². The van der Waals surface area contributed by atoms with Crippen molar-refractivity contribution in [1.29, 1.82) is 0 Å². The van der Waals surface area contributed by atoms with E-state index in [1.165, 1.54) is 0 Å². The van der Waals surface area contributed by atoms with Crippen molar-refractivity contribution in [2.75, 3.05) is 5.32 Å². The maximum absolute atomic E-state index is 12.7. The van der Waals surface area contributed by atoms with E-state index in [9.17, 15) is 4.79 Å². The van der Waals surface area contributed by atoms with Crippen LogP contribution in [-0.4, -0.2) is 20.3 Å². The number of hydrogen-bond donors (Lipinski definition) is 1. The standard InChI is InChI=1S/C17H16ClN3O2S/c1-10-4-9-13-15(21-24-20-13)14(10)19-16(22)17(2,3)23-12-7-5-11(18)6-8-12/h4-9H,1-3H3,(H,19,22). The Kier molecular flexibility index (Phi) is 4.43. The predicted octanol–water partition coefficient (Wildman–Crippen LogP) is 4.45. The number of amides is 1. The SMILES string of the molecule is Cc1ccc2nsnc2c1NC(=O)C(C)(C)Oc1ccc(Cl)cc1. The minimum Gasteiger partial charge on any atom is -0.478 e. The summed E-state index contributed by atoms with van der Waals surface area (Å²) in [4.78, 5) is 12.7. The maximum atomic E-state index is 12.7. The number of aryl methyl sites for hydroxylation is 1. The van der Waals surface area contributed by atoms with Gasteiger partial charge in [0.2, 0.25) is 0 Å². The van der Waals surface area contributed by atoms with Crippen LogP contribution in [0.2, 0.25) is 5.02 Å². The molecule has 0 saturated heterocycles. The van der Waals surface area contributed by atoms with Crippen LogP contribution in [0.4, 0.5) is 5.69 Å². The molecule has 3 aromatic rings. The highest BCUT2D eigenvalue weighted by Crippen LogP contribution is 2.27. The zero-order chi connectivity index (χ0) is 17.3. The Morgan fingerprint density at radius 1 is 1.17 bits per heavy atom. The lowest BCUT2D eigenvalue weighted by molar-refractivity contribution is -0.128. The lowest BCUT2D eigenvalue weighted by Gasteiger charge is -2.25. The van der Waals surface area contributed by atoms with Crippen molar-refractivity contribution in [1.82, 2.24) is 8.75 Å². The van der Waals surface area contributed by atoms with Crippen molar-refractivity contribution in [2.45, 2.75) is 26.4 Å². The molecule has 0 atom stereocenters. The first-order chi connectivity index (χ1) is 11.4. The molecule has 24 heavy (non-hydrogen) atoms. The van der Waals surface area contributed by atoms with E-state index in [2.05, 4.69) is 14.1 Å². The minimum atomic E-state index is -1.06. The quantitative estimate of drug-likeness (QED) is 0.745. The molecule has 1 aromatic heterocycles. The van der Waals surface area contributed by atoms with Gasteiger partial charge in [-0.3, -0.25) is 4.79 Å². The number of benzene rings is 2. The monoisotopic (exact) mass is 361 g/mol. The molecule has 2 aromatic carbocycles. The molecule has 1 heterocycles. The Morgan fingerprint density at radius 2 is 1.88 bits per heavy atom. The van der Waals surface area contributed by atoms with Gasteiger partial charge in [-0.05, 0) is 56.7 Å². The fraction of sp³-hybridized carbons (Fsp3) is 0.235. The van der Waals surface area contributed by atoms with E-state index in [-0.39, 0.29) is 5.91 Å². The summed E-state index contributed by atoms with van der Waals surface area (Å²) in [5.74, 6) is 0.311. The summed E-state index contributed by atoms with van der Waals surface area (Å²) in [5.41, 5.74) is 1.98. The molecule has 0 radical (unpaired) electrons. The van der Waals surface area contributed by atoms with Crippen LogP contribution in [0.5, 0.6) is 5.75 Å². The molecule has 0 aliphatic rings. The maximum Gasteiger partial charge on any atom is 0.268 e. The van der Waals surface area contributed by atoms with Crippen LogP contribution in [0.1, 0.15) is 19.4 Å². The fourth-order valence-electron chi connectivity index (χ4n) is 2.22. The number of hydrogen-bond acceptors (Lipinski definition) is 5. The molecule has 124 valence electrons. The van der Waals surface area contributed by atoms with Crippen molar-refractivity contribution in [3.63, 3.8) is 0 Å². The number of aromatic nitrogens is 2. The van der Waals surface area contributed by atoms with Gasteiger partial charge in [0.1, 0.15) is 16.8 Å². The van der Waals surface area contributed by atoms with Crippen LogP contribution in [-0.2, 0) is 4.79 Å². The molecule has 5 nitrogen and oxygen atoms in total. The van der Waals surface area contributed by atoms with E-state index in [0.717, 1.165) is 22.8 Å². The van der Waals surface area contributed by atoms with Crippen LogP contribution in [0.15, 0.2) is 36.4 Å². The largest absolute Gasteiger partial charge is 0.478 e. The number of nitrogens with zero attached hydrogens (tertiary/aromatic N) is 2. The Morgan fingerprint density at radius 3 is 2.58 bits per heavy atom. The first-order valence-corrected chi connectivity index (χ1v) is 8.45. The molecule has 0 bridgehead atoms. The van der Waals surface area contributed by atoms with E-state index < -0.39 is 5.60 Å². The Hall–Kier alpha value is -2.18. The van der Waals surface area contributed by atoms with E-state index >= 15 is 0 Å². The smallest absolute Gasteiger partial charge is 0.268 e. The number of anilines is 1. The number of carbonyl (C=O) groups excluding carboxylic acids is 1. The summed E-state index contributed by atoms with van der Waals surface area (Å²) in [6.07, 6.45) is 0. The summed E-state index contributed by atoms with van der Waals surface area (Å²) < 4.78 is 14.3. The molecular weight excluding hydrogens is 346 g/mol. The highest BCUT2D eigenvalue weighted by Gasteiger charge is 2.31.